The zero-order valence-corrected chi connectivity index (χ0v) is 26.0. The largest absolute Gasteiger partial charge is 0.456 e. The fourth-order valence-electron chi connectivity index (χ4n) is 9.41. The minimum atomic E-state index is 0.0956. The predicted molar refractivity (Wildman–Crippen MR) is 187 cm³/mol. The normalized spacial score (nSPS) is 22.3. The van der Waals surface area contributed by atoms with Crippen LogP contribution in [0.5, 0.6) is 0 Å². The number of rotatable bonds is 6. The molecule has 2 nitrogen and oxygen atoms in total. The van der Waals surface area contributed by atoms with Gasteiger partial charge < -0.3 is 9.32 Å². The molecule has 1 heterocycles. The summed E-state index contributed by atoms with van der Waals surface area (Å²) in [7, 11) is 0. The summed E-state index contributed by atoms with van der Waals surface area (Å²) < 4.78 is 6.36. The standard InChI is InChI=1S/C43H41NO/c1-3-9-33(10-4-1)43(25-7-2-8-26-43)34-17-21-36(22-18-34)44(35-19-15-31(16-20-35)40-28-30-13-14-32(40)27-30)37-23-24-39-38-11-5-6-12-41(38)45-42(39)29-37/h1,3-6,9-12,15-24,29-30,32,40H,2,7-8,13-14,25-28H2. The Balaban J connectivity index is 1.13. The molecule has 0 aliphatic heterocycles. The first kappa shape index (κ1) is 27.0. The zero-order chi connectivity index (χ0) is 29.8. The molecule has 5 aromatic carbocycles. The summed E-state index contributed by atoms with van der Waals surface area (Å²) in [6.45, 7) is 0. The Kier molecular flexibility index (Phi) is 6.58. The van der Waals surface area contributed by atoms with E-state index in [1.165, 1.54) is 96.6 Å². The molecule has 0 amide bonds. The Morgan fingerprint density at radius 1 is 0.556 bits per heavy atom. The van der Waals surface area contributed by atoms with Crippen LogP contribution in [0.3, 0.4) is 0 Å². The van der Waals surface area contributed by atoms with Crippen LogP contribution in [0.2, 0.25) is 0 Å². The summed E-state index contributed by atoms with van der Waals surface area (Å²) in [5.74, 6) is 2.58. The van der Waals surface area contributed by atoms with E-state index in [1.807, 2.05) is 6.07 Å². The first-order valence-corrected chi connectivity index (χ1v) is 17.2. The van der Waals surface area contributed by atoms with Crippen molar-refractivity contribution in [3.63, 3.8) is 0 Å². The molecule has 2 bridgehead atoms. The molecule has 2 heteroatoms. The fraction of sp³-hybridized carbons (Fsp3) is 0.302. The molecule has 3 aliphatic carbocycles. The molecule has 3 atom stereocenters. The van der Waals surface area contributed by atoms with Crippen molar-refractivity contribution in [3.8, 4) is 0 Å². The third kappa shape index (κ3) is 4.60. The number of hydrogen-bond acceptors (Lipinski definition) is 2. The number of anilines is 3. The highest BCUT2D eigenvalue weighted by Gasteiger charge is 2.40. The second-order valence-electron chi connectivity index (χ2n) is 14.0. The lowest BCUT2D eigenvalue weighted by atomic mass is 9.65. The smallest absolute Gasteiger partial charge is 0.137 e. The van der Waals surface area contributed by atoms with Crippen LogP contribution < -0.4 is 4.90 Å². The van der Waals surface area contributed by atoms with Gasteiger partial charge in [0.25, 0.3) is 0 Å². The highest BCUT2D eigenvalue weighted by atomic mass is 16.3. The van der Waals surface area contributed by atoms with Crippen LogP contribution in [0.25, 0.3) is 21.9 Å². The summed E-state index contributed by atoms with van der Waals surface area (Å²) in [5.41, 5.74) is 9.89. The molecule has 0 N–H and O–H groups in total. The van der Waals surface area contributed by atoms with Crippen LogP contribution in [-0.2, 0) is 5.41 Å². The number of hydrogen-bond donors (Lipinski definition) is 0. The van der Waals surface area contributed by atoms with Crippen LogP contribution in [0.4, 0.5) is 17.1 Å². The summed E-state index contributed by atoms with van der Waals surface area (Å²) >= 11 is 0. The van der Waals surface area contributed by atoms with Gasteiger partial charge in [-0.3, -0.25) is 0 Å². The van der Waals surface area contributed by atoms with Crippen molar-refractivity contribution >= 4 is 39.0 Å². The molecule has 1 aromatic heterocycles. The van der Waals surface area contributed by atoms with E-state index in [4.69, 9.17) is 4.42 Å². The Morgan fingerprint density at radius 3 is 1.96 bits per heavy atom. The van der Waals surface area contributed by atoms with Gasteiger partial charge >= 0.3 is 0 Å². The Labute approximate surface area is 266 Å². The SMILES string of the molecule is c1ccc(C2(c3ccc(N(c4ccc(C5CC6CCC5C6)cc4)c4ccc5c(c4)oc4ccccc45)cc3)CCCCC2)cc1. The van der Waals surface area contributed by atoms with Gasteiger partial charge in [-0.15, -0.1) is 0 Å². The van der Waals surface area contributed by atoms with Gasteiger partial charge in [0.05, 0.1) is 0 Å². The molecule has 0 saturated heterocycles. The van der Waals surface area contributed by atoms with Crippen LogP contribution in [0.15, 0.2) is 126 Å². The lowest BCUT2D eigenvalue weighted by Gasteiger charge is -2.39. The maximum absolute atomic E-state index is 6.36. The number of para-hydroxylation sites is 1. The maximum Gasteiger partial charge on any atom is 0.137 e. The van der Waals surface area contributed by atoms with Gasteiger partial charge in [-0.1, -0.05) is 98.5 Å². The molecule has 6 aromatic rings. The Hall–Kier alpha value is -4.30. The van der Waals surface area contributed by atoms with Gasteiger partial charge in [-0.2, -0.15) is 0 Å². The van der Waals surface area contributed by atoms with Gasteiger partial charge in [0, 0.05) is 39.3 Å². The average molecular weight is 588 g/mol. The highest BCUT2D eigenvalue weighted by molar-refractivity contribution is 6.06. The Bertz CT molecular complexity index is 1950. The molecule has 3 aliphatic rings. The van der Waals surface area contributed by atoms with Crippen LogP contribution in [0.1, 0.15) is 80.4 Å². The minimum Gasteiger partial charge on any atom is -0.456 e. The van der Waals surface area contributed by atoms with E-state index in [2.05, 4.69) is 120 Å². The van der Waals surface area contributed by atoms with Gasteiger partial charge in [0.1, 0.15) is 11.2 Å². The summed E-state index contributed by atoms with van der Waals surface area (Å²) in [4.78, 5) is 2.41. The van der Waals surface area contributed by atoms with Crippen molar-refractivity contribution in [2.24, 2.45) is 11.8 Å². The maximum atomic E-state index is 6.36. The molecule has 3 unspecified atom stereocenters. The van der Waals surface area contributed by atoms with E-state index in [0.29, 0.717) is 0 Å². The second kappa shape index (κ2) is 10.9. The predicted octanol–water partition coefficient (Wildman–Crippen LogP) is 12.2. The third-order valence-electron chi connectivity index (χ3n) is 11.6. The summed E-state index contributed by atoms with van der Waals surface area (Å²) in [5, 5.41) is 2.34. The lowest BCUT2D eigenvalue weighted by Crippen LogP contribution is -2.30. The number of furan rings is 1. The van der Waals surface area contributed by atoms with Gasteiger partial charge in [0.2, 0.25) is 0 Å². The summed E-state index contributed by atoms with van der Waals surface area (Å²) in [6, 6.07) is 45.3. The molecule has 224 valence electrons. The molecule has 45 heavy (non-hydrogen) atoms. The summed E-state index contributed by atoms with van der Waals surface area (Å²) in [6.07, 6.45) is 12.0. The third-order valence-corrected chi connectivity index (χ3v) is 11.6. The minimum absolute atomic E-state index is 0.0956. The van der Waals surface area contributed by atoms with Crippen molar-refractivity contribution in [1.82, 2.24) is 0 Å². The Morgan fingerprint density at radius 2 is 1.22 bits per heavy atom. The van der Waals surface area contributed by atoms with Crippen LogP contribution >= 0.6 is 0 Å². The van der Waals surface area contributed by atoms with E-state index < -0.39 is 0 Å². The van der Waals surface area contributed by atoms with Gasteiger partial charge in [0.15, 0.2) is 0 Å². The molecule has 3 fully saturated rings. The quantitative estimate of drug-likeness (QED) is 0.193. The topological polar surface area (TPSA) is 16.4 Å². The van der Waals surface area contributed by atoms with Gasteiger partial charge in [-0.25, -0.2) is 0 Å². The van der Waals surface area contributed by atoms with E-state index in [-0.39, 0.29) is 5.41 Å². The first-order valence-electron chi connectivity index (χ1n) is 17.2. The molecule has 9 rings (SSSR count). The van der Waals surface area contributed by atoms with Crippen LogP contribution in [-0.4, -0.2) is 0 Å². The van der Waals surface area contributed by atoms with Crippen molar-refractivity contribution in [2.45, 2.75) is 69.1 Å². The van der Waals surface area contributed by atoms with Crippen molar-refractivity contribution in [1.29, 1.82) is 0 Å². The van der Waals surface area contributed by atoms with Crippen LogP contribution in [0, 0.1) is 11.8 Å². The first-order chi connectivity index (χ1) is 22.2. The molecular weight excluding hydrogens is 546 g/mol. The average Bonchev–Trinajstić information content (AvgIpc) is 3.85. The number of fused-ring (bicyclic) bond motifs is 5. The monoisotopic (exact) mass is 587 g/mol. The highest BCUT2D eigenvalue weighted by Crippen LogP contribution is 2.53. The molecular formula is C43H41NO. The van der Waals surface area contributed by atoms with E-state index in [1.54, 1.807) is 0 Å². The van der Waals surface area contributed by atoms with Crippen molar-refractivity contribution in [2.75, 3.05) is 4.90 Å². The number of benzene rings is 5. The van der Waals surface area contributed by atoms with E-state index in [0.717, 1.165) is 34.6 Å². The number of nitrogens with zero attached hydrogens (tertiary/aromatic N) is 1. The zero-order valence-electron chi connectivity index (χ0n) is 26.0. The lowest BCUT2D eigenvalue weighted by molar-refractivity contribution is 0.346. The molecule has 3 saturated carbocycles. The van der Waals surface area contributed by atoms with Gasteiger partial charge in [-0.05, 0) is 109 Å². The molecule has 0 spiro atoms. The molecule has 0 radical (unpaired) electrons. The van der Waals surface area contributed by atoms with Crippen molar-refractivity contribution in [3.05, 3.63) is 138 Å². The fourth-order valence-corrected chi connectivity index (χ4v) is 9.41. The van der Waals surface area contributed by atoms with E-state index in [9.17, 15) is 0 Å². The van der Waals surface area contributed by atoms with E-state index >= 15 is 0 Å². The van der Waals surface area contributed by atoms with Crippen molar-refractivity contribution < 1.29 is 4.42 Å². The second-order valence-corrected chi connectivity index (χ2v) is 14.0.